The largest absolute Gasteiger partial charge is 0.497 e. The lowest BCUT2D eigenvalue weighted by atomic mass is 9.88. The smallest absolute Gasteiger partial charge is 0.353 e. The van der Waals surface area contributed by atoms with E-state index in [4.69, 9.17) is 21.1 Å². The van der Waals surface area contributed by atoms with Gasteiger partial charge in [-0.2, -0.15) is 0 Å². The van der Waals surface area contributed by atoms with Crippen LogP contribution in [-0.4, -0.2) is 34.6 Å². The zero-order chi connectivity index (χ0) is 35.6. The predicted molar refractivity (Wildman–Crippen MR) is 198 cm³/mol. The summed E-state index contributed by atoms with van der Waals surface area (Å²) in [5.41, 5.74) is -0.573. The number of ether oxygens (including phenoxy) is 2. The molecule has 1 unspecified atom stereocenters. The number of rotatable bonds is 19. The molecular formula is C41H48ClNO6. The molecule has 0 aliphatic carbocycles. The highest BCUT2D eigenvalue weighted by molar-refractivity contribution is 6.30. The molecular weight excluding hydrogens is 638 g/mol. The number of methoxy groups -OCH3 is 1. The molecule has 8 heteroatoms. The van der Waals surface area contributed by atoms with Crippen LogP contribution in [0, 0.1) is 6.92 Å². The predicted octanol–water partition coefficient (Wildman–Crippen LogP) is 10.5. The second kappa shape index (κ2) is 20.0. The van der Waals surface area contributed by atoms with E-state index in [0.29, 0.717) is 45.8 Å². The molecule has 0 aliphatic rings. The molecule has 260 valence electrons. The third kappa shape index (κ3) is 10.7. The molecule has 0 radical (unpaired) electrons. The van der Waals surface area contributed by atoms with Gasteiger partial charge in [-0.15, -0.1) is 0 Å². The summed E-state index contributed by atoms with van der Waals surface area (Å²) in [5, 5.41) is 11.5. The molecule has 2 aromatic carbocycles. The lowest BCUT2D eigenvalue weighted by molar-refractivity contribution is -0.181. The third-order valence-electron chi connectivity index (χ3n) is 8.15. The fourth-order valence-electron chi connectivity index (χ4n) is 5.60. The minimum atomic E-state index is -2.02. The van der Waals surface area contributed by atoms with Crippen molar-refractivity contribution in [3.8, 4) is 5.75 Å². The number of esters is 1. The van der Waals surface area contributed by atoms with E-state index in [1.54, 1.807) is 56.3 Å². The SMILES string of the molecule is CCC=CCC=CCC=CCC=CCC=CCCCC(=O)OC(CC)(C(=O)O)c1c(C)n(C(=O)c2ccc(Cl)cc2)c2ccc(OC)cc12. The number of hydrogen-bond donors (Lipinski definition) is 1. The normalized spacial score (nSPS) is 13.4. The lowest BCUT2D eigenvalue weighted by Gasteiger charge is -2.29. The number of carbonyl (C=O) groups is 3. The molecule has 3 aromatic rings. The summed E-state index contributed by atoms with van der Waals surface area (Å²) in [5.74, 6) is -1.83. The first-order chi connectivity index (χ1) is 23.7. The zero-order valence-corrected chi connectivity index (χ0v) is 29.7. The van der Waals surface area contributed by atoms with Crippen LogP contribution in [0.15, 0.2) is 103 Å². The topological polar surface area (TPSA) is 94.8 Å². The standard InChI is InChI=1S/C41H48ClNO6/c1-5-7-8-9-10-11-12-13-14-15-16-17-18-19-20-21-22-23-37(44)49-41(6-2,40(46)47)38-31(3)43(36-29-28-34(48-4)30-35(36)38)39(45)32-24-26-33(42)27-25-32/h7-8,10-11,13-14,16-17,19-20,24-30H,5-6,9,12,15,18,21-23H2,1-4H3,(H,46,47). The number of benzene rings is 2. The minimum Gasteiger partial charge on any atom is -0.497 e. The Morgan fingerprint density at radius 2 is 1.41 bits per heavy atom. The van der Waals surface area contributed by atoms with Gasteiger partial charge in [0, 0.05) is 33.7 Å². The van der Waals surface area contributed by atoms with Crippen molar-refractivity contribution in [1.82, 2.24) is 4.57 Å². The summed E-state index contributed by atoms with van der Waals surface area (Å²) >= 11 is 6.04. The first-order valence-electron chi connectivity index (χ1n) is 16.9. The first kappa shape index (κ1) is 38.8. The summed E-state index contributed by atoms with van der Waals surface area (Å²) in [7, 11) is 1.51. The highest BCUT2D eigenvalue weighted by Gasteiger charge is 2.47. The van der Waals surface area contributed by atoms with Crippen LogP contribution >= 0.6 is 11.6 Å². The number of carboxylic acids is 1. The Balaban J connectivity index is 1.66. The third-order valence-corrected chi connectivity index (χ3v) is 8.40. The summed E-state index contributed by atoms with van der Waals surface area (Å²) in [4.78, 5) is 40.0. The van der Waals surface area contributed by atoms with Gasteiger partial charge in [-0.1, -0.05) is 86.2 Å². The number of nitrogens with zero attached hydrogens (tertiary/aromatic N) is 1. The molecule has 0 spiro atoms. The van der Waals surface area contributed by atoms with Gasteiger partial charge < -0.3 is 14.6 Å². The molecule has 0 saturated carbocycles. The van der Waals surface area contributed by atoms with Gasteiger partial charge in [0.2, 0.25) is 5.60 Å². The Kier molecular flexibility index (Phi) is 15.9. The van der Waals surface area contributed by atoms with Crippen LogP contribution in [0.4, 0.5) is 0 Å². The van der Waals surface area contributed by atoms with Gasteiger partial charge in [0.15, 0.2) is 0 Å². The van der Waals surface area contributed by atoms with Gasteiger partial charge >= 0.3 is 11.9 Å². The number of carbonyl (C=O) groups excluding carboxylic acids is 2. The maximum Gasteiger partial charge on any atom is 0.353 e. The number of allylic oxidation sites excluding steroid dienone is 10. The van der Waals surface area contributed by atoms with Crippen molar-refractivity contribution in [2.24, 2.45) is 0 Å². The fourth-order valence-corrected chi connectivity index (χ4v) is 5.72. The van der Waals surface area contributed by atoms with Crippen molar-refractivity contribution in [1.29, 1.82) is 0 Å². The highest BCUT2D eigenvalue weighted by Crippen LogP contribution is 2.41. The maximum atomic E-state index is 13.8. The number of hydrogen-bond acceptors (Lipinski definition) is 5. The molecule has 0 fully saturated rings. The van der Waals surface area contributed by atoms with E-state index >= 15 is 0 Å². The summed E-state index contributed by atoms with van der Waals surface area (Å²) < 4.78 is 12.8. The summed E-state index contributed by atoms with van der Waals surface area (Å²) in [6.07, 6.45) is 27.1. The molecule has 1 atom stereocenters. The van der Waals surface area contributed by atoms with Gasteiger partial charge in [0.05, 0.1) is 12.6 Å². The van der Waals surface area contributed by atoms with Crippen LogP contribution in [0.2, 0.25) is 5.02 Å². The van der Waals surface area contributed by atoms with Crippen molar-refractivity contribution < 1.29 is 29.0 Å². The number of carboxylic acid groups (broad SMARTS) is 1. The number of halogens is 1. The van der Waals surface area contributed by atoms with Crippen LogP contribution in [0.1, 0.15) is 93.3 Å². The molecule has 7 nitrogen and oxygen atoms in total. The number of fused-ring (bicyclic) bond motifs is 1. The lowest BCUT2D eigenvalue weighted by Crippen LogP contribution is -2.40. The van der Waals surface area contributed by atoms with E-state index < -0.39 is 17.5 Å². The second-order valence-electron chi connectivity index (χ2n) is 11.6. The Bertz CT molecular complexity index is 1710. The van der Waals surface area contributed by atoms with E-state index in [1.165, 1.54) is 11.7 Å². The zero-order valence-electron chi connectivity index (χ0n) is 29.0. The fraction of sp³-hybridized carbons (Fsp3) is 0.341. The van der Waals surface area contributed by atoms with E-state index in [9.17, 15) is 19.5 Å². The Labute approximate surface area is 295 Å². The molecule has 0 saturated heterocycles. The van der Waals surface area contributed by atoms with Crippen LogP contribution in [0.5, 0.6) is 5.75 Å². The molecule has 1 heterocycles. The molecule has 1 N–H and O–H groups in total. The van der Waals surface area contributed by atoms with Crippen molar-refractivity contribution in [2.75, 3.05) is 7.11 Å². The molecule has 1 aromatic heterocycles. The molecule has 0 amide bonds. The van der Waals surface area contributed by atoms with E-state index in [1.807, 2.05) is 6.08 Å². The van der Waals surface area contributed by atoms with E-state index in [0.717, 1.165) is 32.1 Å². The van der Waals surface area contributed by atoms with Crippen LogP contribution in [0.25, 0.3) is 10.9 Å². The number of aliphatic carboxylic acids is 1. The van der Waals surface area contributed by atoms with E-state index in [-0.39, 0.29) is 24.3 Å². The number of aromatic nitrogens is 1. The van der Waals surface area contributed by atoms with Gasteiger partial charge in [-0.3, -0.25) is 14.2 Å². The maximum absolute atomic E-state index is 13.8. The average Bonchev–Trinajstić information content (AvgIpc) is 3.39. The quantitative estimate of drug-likeness (QED) is 0.0766. The van der Waals surface area contributed by atoms with Crippen molar-refractivity contribution >= 4 is 40.3 Å². The highest BCUT2D eigenvalue weighted by atomic mass is 35.5. The molecule has 3 rings (SSSR count). The number of unbranched alkanes of at least 4 members (excludes halogenated alkanes) is 1. The Hall–Kier alpha value is -4.62. The second-order valence-corrected chi connectivity index (χ2v) is 12.0. The molecule has 49 heavy (non-hydrogen) atoms. The molecule has 0 aliphatic heterocycles. The van der Waals surface area contributed by atoms with Gasteiger partial charge in [0.1, 0.15) is 5.75 Å². The summed E-state index contributed by atoms with van der Waals surface area (Å²) in [6, 6.07) is 11.5. The van der Waals surface area contributed by atoms with Gasteiger partial charge in [-0.25, -0.2) is 4.79 Å². The van der Waals surface area contributed by atoms with Crippen molar-refractivity contribution in [2.45, 2.75) is 84.2 Å². The minimum absolute atomic E-state index is 0.0465. The summed E-state index contributed by atoms with van der Waals surface area (Å²) in [6.45, 7) is 5.45. The van der Waals surface area contributed by atoms with Crippen LogP contribution in [-0.2, 0) is 19.9 Å². The van der Waals surface area contributed by atoms with Crippen LogP contribution < -0.4 is 4.74 Å². The average molecular weight is 686 g/mol. The van der Waals surface area contributed by atoms with Gasteiger partial charge in [-0.05, 0) is 101 Å². The van der Waals surface area contributed by atoms with Crippen molar-refractivity contribution in [3.63, 3.8) is 0 Å². The van der Waals surface area contributed by atoms with Gasteiger partial charge in [0.25, 0.3) is 5.91 Å². The Morgan fingerprint density at radius 1 is 0.837 bits per heavy atom. The van der Waals surface area contributed by atoms with E-state index in [2.05, 4.69) is 61.6 Å². The van der Waals surface area contributed by atoms with Crippen molar-refractivity contribution in [3.05, 3.63) is 125 Å². The molecule has 0 bridgehead atoms. The Morgan fingerprint density at radius 3 is 1.94 bits per heavy atom. The monoisotopic (exact) mass is 685 g/mol. The first-order valence-corrected chi connectivity index (χ1v) is 17.3. The van der Waals surface area contributed by atoms with Crippen LogP contribution in [0.3, 0.4) is 0 Å².